The van der Waals surface area contributed by atoms with E-state index in [2.05, 4.69) is 17.2 Å². The number of benzene rings is 1. The van der Waals surface area contributed by atoms with Gasteiger partial charge in [-0.2, -0.15) is 0 Å². The van der Waals surface area contributed by atoms with Gasteiger partial charge in [0.1, 0.15) is 5.54 Å². The first-order valence-corrected chi connectivity index (χ1v) is 8.05. The van der Waals surface area contributed by atoms with Gasteiger partial charge in [-0.3, -0.25) is 4.79 Å². The summed E-state index contributed by atoms with van der Waals surface area (Å²) < 4.78 is 5.21. The minimum Gasteiger partial charge on any atom is -0.480 e. The Labute approximate surface area is 139 Å². The van der Waals surface area contributed by atoms with Crippen LogP contribution in [-0.4, -0.2) is 27.5 Å². The van der Waals surface area contributed by atoms with E-state index < -0.39 is 11.5 Å². The maximum absolute atomic E-state index is 12.5. The van der Waals surface area contributed by atoms with E-state index in [-0.39, 0.29) is 5.91 Å². The molecule has 126 valence electrons. The van der Waals surface area contributed by atoms with Crippen molar-refractivity contribution in [3.8, 4) is 11.3 Å². The van der Waals surface area contributed by atoms with Crippen LogP contribution in [0.4, 0.5) is 0 Å². The molecule has 1 saturated carbocycles. The number of carbonyl (C=O) groups is 2. The Morgan fingerprint density at radius 1 is 1.25 bits per heavy atom. The molecule has 0 bridgehead atoms. The molecule has 0 aliphatic heterocycles. The van der Waals surface area contributed by atoms with Crippen molar-refractivity contribution < 1.29 is 19.1 Å². The summed E-state index contributed by atoms with van der Waals surface area (Å²) in [5.41, 5.74) is 0.0775. The monoisotopic (exact) mass is 328 g/mol. The lowest BCUT2D eigenvalue weighted by atomic mass is 9.77. The number of hydrogen-bond donors (Lipinski definition) is 2. The smallest absolute Gasteiger partial charge is 0.329 e. The SMILES string of the molecule is CC1CCC(NC(=O)c2ccc(-c3cnco3)cc2)(C(=O)O)CC1. The quantitative estimate of drug-likeness (QED) is 0.899. The van der Waals surface area contributed by atoms with Crippen LogP contribution in [0.2, 0.25) is 0 Å². The molecular weight excluding hydrogens is 308 g/mol. The van der Waals surface area contributed by atoms with E-state index in [0.717, 1.165) is 18.4 Å². The Hall–Kier alpha value is -2.63. The van der Waals surface area contributed by atoms with Crippen LogP contribution in [0.15, 0.2) is 41.3 Å². The fourth-order valence-electron chi connectivity index (χ4n) is 3.08. The number of carbonyl (C=O) groups excluding carboxylic acids is 1. The van der Waals surface area contributed by atoms with Crippen molar-refractivity contribution >= 4 is 11.9 Å². The minimum atomic E-state index is -1.16. The number of carboxylic acids is 1. The van der Waals surface area contributed by atoms with Gasteiger partial charge in [0.05, 0.1) is 6.20 Å². The van der Waals surface area contributed by atoms with E-state index in [0.29, 0.717) is 30.1 Å². The first kappa shape index (κ1) is 16.2. The fourth-order valence-corrected chi connectivity index (χ4v) is 3.08. The Balaban J connectivity index is 1.75. The maximum atomic E-state index is 12.5. The molecule has 6 heteroatoms. The van der Waals surface area contributed by atoms with Gasteiger partial charge in [-0.05, 0) is 43.7 Å². The number of oxazole rings is 1. The molecule has 24 heavy (non-hydrogen) atoms. The minimum absolute atomic E-state index is 0.365. The third-order valence-corrected chi connectivity index (χ3v) is 4.75. The molecule has 3 rings (SSSR count). The molecule has 1 aromatic heterocycles. The summed E-state index contributed by atoms with van der Waals surface area (Å²) in [5, 5.41) is 12.4. The Morgan fingerprint density at radius 3 is 2.46 bits per heavy atom. The van der Waals surface area contributed by atoms with Crippen LogP contribution < -0.4 is 5.32 Å². The lowest BCUT2D eigenvalue weighted by Crippen LogP contribution is -2.56. The third-order valence-electron chi connectivity index (χ3n) is 4.75. The number of aliphatic carboxylic acids is 1. The highest BCUT2D eigenvalue weighted by Gasteiger charge is 2.42. The normalized spacial score (nSPS) is 23.6. The molecule has 2 aromatic rings. The topological polar surface area (TPSA) is 92.4 Å². The molecule has 0 spiro atoms. The molecule has 1 aliphatic rings. The molecule has 1 fully saturated rings. The summed E-state index contributed by atoms with van der Waals surface area (Å²) in [4.78, 5) is 28.1. The van der Waals surface area contributed by atoms with Crippen LogP contribution in [0.1, 0.15) is 43.0 Å². The van der Waals surface area contributed by atoms with Crippen LogP contribution in [0.3, 0.4) is 0 Å². The Kier molecular flexibility index (Phi) is 4.38. The first-order chi connectivity index (χ1) is 11.5. The number of nitrogens with one attached hydrogen (secondary N) is 1. The van der Waals surface area contributed by atoms with E-state index in [1.165, 1.54) is 6.39 Å². The van der Waals surface area contributed by atoms with E-state index in [9.17, 15) is 14.7 Å². The highest BCUT2D eigenvalue weighted by molar-refractivity contribution is 5.98. The second kappa shape index (κ2) is 6.47. The molecule has 6 nitrogen and oxygen atoms in total. The molecule has 2 N–H and O–H groups in total. The fraction of sp³-hybridized carbons (Fsp3) is 0.389. The molecule has 0 atom stereocenters. The molecule has 0 saturated heterocycles. The lowest BCUT2D eigenvalue weighted by Gasteiger charge is -2.36. The number of aromatic nitrogens is 1. The van der Waals surface area contributed by atoms with Crippen molar-refractivity contribution in [2.75, 3.05) is 0 Å². The van der Waals surface area contributed by atoms with Gasteiger partial charge in [0, 0.05) is 11.1 Å². The number of hydrogen-bond acceptors (Lipinski definition) is 4. The van der Waals surface area contributed by atoms with Crippen molar-refractivity contribution in [1.29, 1.82) is 0 Å². The standard InChI is InChI=1S/C18H20N2O4/c1-12-6-8-18(9-7-12,17(22)23)20-16(21)14-4-2-13(3-5-14)15-10-19-11-24-15/h2-5,10-12H,6-9H2,1H3,(H,20,21)(H,22,23). The molecule has 0 radical (unpaired) electrons. The first-order valence-electron chi connectivity index (χ1n) is 8.05. The zero-order valence-corrected chi connectivity index (χ0v) is 13.5. The maximum Gasteiger partial charge on any atom is 0.329 e. The Morgan fingerprint density at radius 2 is 1.92 bits per heavy atom. The summed E-state index contributed by atoms with van der Waals surface area (Å²) in [6.07, 6.45) is 5.47. The van der Waals surface area contributed by atoms with Gasteiger partial charge in [0.15, 0.2) is 12.2 Å². The summed E-state index contributed by atoms with van der Waals surface area (Å²) >= 11 is 0. The van der Waals surface area contributed by atoms with Gasteiger partial charge >= 0.3 is 5.97 Å². The van der Waals surface area contributed by atoms with E-state index in [1.807, 2.05) is 0 Å². The van der Waals surface area contributed by atoms with Crippen LogP contribution in [0.5, 0.6) is 0 Å². The van der Waals surface area contributed by atoms with Crippen molar-refractivity contribution in [2.24, 2.45) is 5.92 Å². The largest absolute Gasteiger partial charge is 0.480 e. The average molecular weight is 328 g/mol. The predicted molar refractivity (Wildman–Crippen MR) is 87.4 cm³/mol. The summed E-state index contributed by atoms with van der Waals surface area (Å²) in [5.74, 6) is -0.210. The van der Waals surface area contributed by atoms with Gasteiger partial charge in [0.2, 0.25) is 0 Å². The van der Waals surface area contributed by atoms with Crippen LogP contribution in [0, 0.1) is 5.92 Å². The number of nitrogens with zero attached hydrogens (tertiary/aromatic N) is 1. The van der Waals surface area contributed by atoms with Gasteiger partial charge in [0.25, 0.3) is 5.91 Å². The van der Waals surface area contributed by atoms with E-state index in [4.69, 9.17) is 4.42 Å². The molecule has 1 heterocycles. The zero-order chi connectivity index (χ0) is 17.2. The predicted octanol–water partition coefficient (Wildman–Crippen LogP) is 3.10. The molecule has 0 unspecified atom stereocenters. The summed E-state index contributed by atoms with van der Waals surface area (Å²) in [6, 6.07) is 6.83. The number of amides is 1. The van der Waals surface area contributed by atoms with Gasteiger partial charge < -0.3 is 14.8 Å². The average Bonchev–Trinajstić information content (AvgIpc) is 3.11. The van der Waals surface area contributed by atoms with Gasteiger partial charge in [-0.1, -0.05) is 19.1 Å². The van der Waals surface area contributed by atoms with Crippen molar-refractivity contribution in [3.63, 3.8) is 0 Å². The van der Waals surface area contributed by atoms with Crippen LogP contribution in [-0.2, 0) is 4.79 Å². The van der Waals surface area contributed by atoms with E-state index in [1.54, 1.807) is 30.5 Å². The summed E-state index contributed by atoms with van der Waals surface area (Å²) in [7, 11) is 0. The van der Waals surface area contributed by atoms with Gasteiger partial charge in [-0.25, -0.2) is 9.78 Å². The second-order valence-electron chi connectivity index (χ2n) is 6.47. The second-order valence-corrected chi connectivity index (χ2v) is 6.47. The van der Waals surface area contributed by atoms with Crippen molar-refractivity contribution in [1.82, 2.24) is 10.3 Å². The molecule has 1 aromatic carbocycles. The van der Waals surface area contributed by atoms with Crippen molar-refractivity contribution in [3.05, 3.63) is 42.4 Å². The molecular formula is C18H20N2O4. The number of rotatable bonds is 4. The Bertz CT molecular complexity index is 714. The third kappa shape index (κ3) is 3.18. The lowest BCUT2D eigenvalue weighted by molar-refractivity contribution is -0.146. The molecule has 1 aliphatic carbocycles. The summed E-state index contributed by atoms with van der Waals surface area (Å²) in [6.45, 7) is 2.11. The highest BCUT2D eigenvalue weighted by Crippen LogP contribution is 2.32. The van der Waals surface area contributed by atoms with Gasteiger partial charge in [-0.15, -0.1) is 0 Å². The highest BCUT2D eigenvalue weighted by atomic mass is 16.4. The number of carboxylic acid groups (broad SMARTS) is 1. The van der Waals surface area contributed by atoms with Crippen LogP contribution in [0.25, 0.3) is 11.3 Å². The van der Waals surface area contributed by atoms with E-state index >= 15 is 0 Å². The van der Waals surface area contributed by atoms with Crippen molar-refractivity contribution in [2.45, 2.75) is 38.1 Å². The molecule has 1 amide bonds. The van der Waals surface area contributed by atoms with Crippen LogP contribution >= 0.6 is 0 Å². The zero-order valence-electron chi connectivity index (χ0n) is 13.5.